The minimum absolute atomic E-state index is 0.00869. The van der Waals surface area contributed by atoms with Crippen molar-refractivity contribution in [3.8, 4) is 0 Å². The number of rotatable bonds is 0. The SMILES string of the molecule is O=C(N1CCSCC1)N1CCN2CCS(=O)(=O)CC2C1. The number of hydrogen-bond donors (Lipinski definition) is 0. The van der Waals surface area contributed by atoms with Crippen LogP contribution in [0.15, 0.2) is 0 Å². The number of sulfone groups is 1. The lowest BCUT2D eigenvalue weighted by Crippen LogP contribution is -2.62. The van der Waals surface area contributed by atoms with Crippen molar-refractivity contribution in [3.63, 3.8) is 0 Å². The van der Waals surface area contributed by atoms with Gasteiger partial charge in [-0.1, -0.05) is 0 Å². The van der Waals surface area contributed by atoms with Gasteiger partial charge < -0.3 is 9.80 Å². The Morgan fingerprint density at radius 1 is 1.00 bits per heavy atom. The Morgan fingerprint density at radius 2 is 1.75 bits per heavy atom. The fourth-order valence-corrected chi connectivity index (χ4v) is 5.59. The summed E-state index contributed by atoms with van der Waals surface area (Å²) in [6.45, 7) is 4.32. The summed E-state index contributed by atoms with van der Waals surface area (Å²) in [6.07, 6.45) is 0. The van der Waals surface area contributed by atoms with Crippen LogP contribution in [-0.4, -0.2) is 97.5 Å². The third-order valence-electron chi connectivity index (χ3n) is 4.29. The molecule has 0 aromatic carbocycles. The number of hydrogen-bond acceptors (Lipinski definition) is 5. The molecule has 0 radical (unpaired) electrons. The van der Waals surface area contributed by atoms with Crippen LogP contribution in [-0.2, 0) is 9.84 Å². The molecule has 0 spiro atoms. The van der Waals surface area contributed by atoms with E-state index in [1.54, 1.807) is 0 Å². The first-order chi connectivity index (χ1) is 9.55. The highest BCUT2D eigenvalue weighted by atomic mass is 32.2. The van der Waals surface area contributed by atoms with E-state index in [0.717, 1.165) is 37.7 Å². The van der Waals surface area contributed by atoms with E-state index in [9.17, 15) is 13.2 Å². The summed E-state index contributed by atoms with van der Waals surface area (Å²) in [5, 5.41) is 0. The van der Waals surface area contributed by atoms with E-state index >= 15 is 0 Å². The van der Waals surface area contributed by atoms with Gasteiger partial charge in [-0.2, -0.15) is 11.8 Å². The topological polar surface area (TPSA) is 60.9 Å². The molecule has 3 aliphatic heterocycles. The molecular weight excluding hydrogens is 298 g/mol. The highest BCUT2D eigenvalue weighted by molar-refractivity contribution is 7.99. The van der Waals surface area contributed by atoms with E-state index in [1.807, 2.05) is 21.6 Å². The molecule has 1 unspecified atom stereocenters. The number of amides is 2. The summed E-state index contributed by atoms with van der Waals surface area (Å²) in [7, 11) is -2.92. The summed E-state index contributed by atoms with van der Waals surface area (Å²) in [6, 6.07) is 0.0820. The van der Waals surface area contributed by atoms with E-state index in [4.69, 9.17) is 0 Å². The van der Waals surface area contributed by atoms with E-state index in [1.165, 1.54) is 0 Å². The molecule has 0 N–H and O–H groups in total. The zero-order valence-corrected chi connectivity index (χ0v) is 13.2. The van der Waals surface area contributed by atoms with E-state index in [0.29, 0.717) is 13.1 Å². The van der Waals surface area contributed by atoms with Gasteiger partial charge >= 0.3 is 6.03 Å². The van der Waals surface area contributed by atoms with Crippen molar-refractivity contribution in [1.29, 1.82) is 0 Å². The molecule has 114 valence electrons. The lowest BCUT2D eigenvalue weighted by Gasteiger charge is -2.45. The number of nitrogens with zero attached hydrogens (tertiary/aromatic N) is 3. The largest absolute Gasteiger partial charge is 0.323 e. The maximum atomic E-state index is 12.5. The van der Waals surface area contributed by atoms with Crippen molar-refractivity contribution < 1.29 is 13.2 Å². The third kappa shape index (κ3) is 3.07. The lowest BCUT2D eigenvalue weighted by atomic mass is 10.2. The Labute approximate surface area is 124 Å². The molecule has 3 aliphatic rings. The van der Waals surface area contributed by atoms with Gasteiger partial charge in [0.2, 0.25) is 0 Å². The fourth-order valence-electron chi connectivity index (χ4n) is 3.11. The number of carbonyl (C=O) groups excluding carboxylic acids is 1. The van der Waals surface area contributed by atoms with Crippen LogP contribution in [0.3, 0.4) is 0 Å². The van der Waals surface area contributed by atoms with Crippen LogP contribution >= 0.6 is 11.8 Å². The van der Waals surface area contributed by atoms with Crippen molar-refractivity contribution in [2.24, 2.45) is 0 Å². The molecule has 3 fully saturated rings. The highest BCUT2D eigenvalue weighted by Crippen LogP contribution is 2.19. The van der Waals surface area contributed by atoms with Crippen molar-refractivity contribution >= 4 is 27.6 Å². The molecule has 3 rings (SSSR count). The second-order valence-electron chi connectivity index (χ2n) is 5.63. The maximum Gasteiger partial charge on any atom is 0.320 e. The molecule has 8 heteroatoms. The Kier molecular flexibility index (Phi) is 4.14. The predicted octanol–water partition coefficient (Wildman–Crippen LogP) is -0.430. The van der Waals surface area contributed by atoms with Gasteiger partial charge in [-0.25, -0.2) is 13.2 Å². The molecule has 0 aromatic rings. The lowest BCUT2D eigenvalue weighted by molar-refractivity contribution is 0.0841. The van der Waals surface area contributed by atoms with Gasteiger partial charge in [-0.3, -0.25) is 4.90 Å². The second-order valence-corrected chi connectivity index (χ2v) is 9.09. The van der Waals surface area contributed by atoms with Crippen molar-refractivity contribution in [2.45, 2.75) is 6.04 Å². The standard InChI is InChI=1S/C12H21N3O3S2/c16-12(14-3-6-19-7-4-14)15-2-1-13-5-8-20(17,18)10-11(13)9-15/h11H,1-10H2. The number of piperazine rings is 1. The normalized spacial score (nSPS) is 30.9. The zero-order valence-electron chi connectivity index (χ0n) is 11.5. The van der Waals surface area contributed by atoms with E-state index < -0.39 is 9.84 Å². The molecule has 3 heterocycles. The van der Waals surface area contributed by atoms with Gasteiger partial charge in [0, 0.05) is 56.8 Å². The molecule has 0 bridgehead atoms. The monoisotopic (exact) mass is 319 g/mol. The van der Waals surface area contributed by atoms with Gasteiger partial charge in [0.15, 0.2) is 9.84 Å². The molecular formula is C12H21N3O3S2. The zero-order chi connectivity index (χ0) is 14.2. The van der Waals surface area contributed by atoms with Crippen LogP contribution in [0.1, 0.15) is 0 Å². The first-order valence-corrected chi connectivity index (χ1v) is 10.1. The Morgan fingerprint density at radius 3 is 2.50 bits per heavy atom. The van der Waals surface area contributed by atoms with Crippen molar-refractivity contribution in [3.05, 3.63) is 0 Å². The van der Waals surface area contributed by atoms with E-state index in [2.05, 4.69) is 4.90 Å². The average molecular weight is 319 g/mol. The Hall–Kier alpha value is -0.470. The van der Waals surface area contributed by atoms with Crippen LogP contribution in [0.4, 0.5) is 4.79 Å². The smallest absolute Gasteiger partial charge is 0.320 e. The van der Waals surface area contributed by atoms with Gasteiger partial charge in [-0.05, 0) is 0 Å². The first kappa shape index (κ1) is 14.5. The second kappa shape index (κ2) is 5.73. The van der Waals surface area contributed by atoms with Crippen LogP contribution in [0.25, 0.3) is 0 Å². The van der Waals surface area contributed by atoms with Crippen molar-refractivity contribution in [1.82, 2.24) is 14.7 Å². The maximum absolute atomic E-state index is 12.5. The molecule has 6 nitrogen and oxygen atoms in total. The summed E-state index contributed by atoms with van der Waals surface area (Å²) in [5.74, 6) is 2.47. The average Bonchev–Trinajstić information content (AvgIpc) is 2.45. The molecule has 2 amide bonds. The summed E-state index contributed by atoms with van der Waals surface area (Å²) in [5.41, 5.74) is 0. The number of thioether (sulfide) groups is 1. The summed E-state index contributed by atoms with van der Waals surface area (Å²) >= 11 is 1.88. The number of carbonyl (C=O) groups is 1. The van der Waals surface area contributed by atoms with Gasteiger partial charge in [0.05, 0.1) is 11.5 Å². The number of urea groups is 1. The summed E-state index contributed by atoms with van der Waals surface area (Å²) < 4.78 is 23.5. The van der Waals surface area contributed by atoms with Crippen LogP contribution in [0.2, 0.25) is 0 Å². The first-order valence-electron chi connectivity index (χ1n) is 7.11. The van der Waals surface area contributed by atoms with Crippen LogP contribution in [0.5, 0.6) is 0 Å². The molecule has 20 heavy (non-hydrogen) atoms. The Bertz CT molecular complexity index is 476. The van der Waals surface area contributed by atoms with Gasteiger partial charge in [0.25, 0.3) is 0 Å². The quantitative estimate of drug-likeness (QED) is 0.606. The van der Waals surface area contributed by atoms with Crippen LogP contribution in [0, 0.1) is 0 Å². The third-order valence-corrected chi connectivity index (χ3v) is 6.93. The molecule has 0 saturated carbocycles. The molecule has 3 saturated heterocycles. The molecule has 0 aliphatic carbocycles. The number of fused-ring (bicyclic) bond motifs is 1. The molecule has 0 aromatic heterocycles. The minimum Gasteiger partial charge on any atom is -0.323 e. The fraction of sp³-hybridized carbons (Fsp3) is 0.917. The Balaban J connectivity index is 1.63. The highest BCUT2D eigenvalue weighted by Gasteiger charge is 2.37. The minimum atomic E-state index is -2.92. The van der Waals surface area contributed by atoms with Gasteiger partial charge in [-0.15, -0.1) is 0 Å². The van der Waals surface area contributed by atoms with E-state index in [-0.39, 0.29) is 23.6 Å². The summed E-state index contributed by atoms with van der Waals surface area (Å²) in [4.78, 5) is 18.4. The van der Waals surface area contributed by atoms with Gasteiger partial charge in [0.1, 0.15) is 0 Å². The van der Waals surface area contributed by atoms with Crippen LogP contribution < -0.4 is 0 Å². The van der Waals surface area contributed by atoms with Crippen molar-refractivity contribution in [2.75, 3.05) is 62.3 Å². The molecule has 1 atom stereocenters. The predicted molar refractivity (Wildman–Crippen MR) is 79.9 cm³/mol.